The van der Waals surface area contributed by atoms with Crippen LogP contribution in [0.4, 0.5) is 0 Å². The summed E-state index contributed by atoms with van der Waals surface area (Å²) >= 11 is 0. The summed E-state index contributed by atoms with van der Waals surface area (Å²) in [6.45, 7) is 7.12. The van der Waals surface area contributed by atoms with E-state index in [0.29, 0.717) is 5.92 Å². The summed E-state index contributed by atoms with van der Waals surface area (Å²) < 4.78 is 0. The van der Waals surface area contributed by atoms with Gasteiger partial charge in [0, 0.05) is 0 Å². The Morgan fingerprint density at radius 1 is 1.22 bits per heavy atom. The molecule has 0 atom stereocenters. The number of piperidine rings is 1. The quantitative estimate of drug-likeness (QED) is 0.772. The van der Waals surface area contributed by atoms with Crippen molar-refractivity contribution in [2.75, 3.05) is 20.1 Å². The number of hydrogen-bond donors (Lipinski definition) is 0. The van der Waals surface area contributed by atoms with Gasteiger partial charge in [-0.1, -0.05) is 38.1 Å². The van der Waals surface area contributed by atoms with Crippen molar-refractivity contribution in [1.29, 1.82) is 0 Å². The molecule has 0 amide bonds. The molecule has 0 spiro atoms. The van der Waals surface area contributed by atoms with E-state index in [1.54, 1.807) is 0 Å². The van der Waals surface area contributed by atoms with Crippen molar-refractivity contribution in [2.45, 2.75) is 45.4 Å². The molecule has 1 fully saturated rings. The van der Waals surface area contributed by atoms with Gasteiger partial charge in [0.15, 0.2) is 0 Å². The Balaban J connectivity index is 1.84. The van der Waals surface area contributed by atoms with Crippen molar-refractivity contribution >= 4 is 0 Å². The maximum absolute atomic E-state index is 2.45. The average Bonchev–Trinajstić information content (AvgIpc) is 2.38. The van der Waals surface area contributed by atoms with Crippen LogP contribution in [0, 0.1) is 5.92 Å². The number of aryl methyl sites for hydroxylation is 1. The van der Waals surface area contributed by atoms with E-state index in [-0.39, 0.29) is 0 Å². The number of hydrogen-bond acceptors (Lipinski definition) is 1. The maximum atomic E-state index is 2.45. The second-order valence-corrected chi connectivity index (χ2v) is 6.19. The highest BCUT2D eigenvalue weighted by atomic mass is 15.1. The molecular formula is C17H27N. The third kappa shape index (κ3) is 3.84. The fourth-order valence-electron chi connectivity index (χ4n) is 2.83. The van der Waals surface area contributed by atoms with Gasteiger partial charge >= 0.3 is 0 Å². The molecule has 0 bridgehead atoms. The van der Waals surface area contributed by atoms with Crippen molar-refractivity contribution < 1.29 is 0 Å². The lowest BCUT2D eigenvalue weighted by atomic mass is 9.90. The van der Waals surface area contributed by atoms with Crippen LogP contribution in [0.5, 0.6) is 0 Å². The van der Waals surface area contributed by atoms with Gasteiger partial charge in [-0.3, -0.25) is 0 Å². The van der Waals surface area contributed by atoms with Crippen molar-refractivity contribution in [3.05, 3.63) is 35.4 Å². The van der Waals surface area contributed by atoms with Crippen molar-refractivity contribution in [3.63, 3.8) is 0 Å². The minimum atomic E-state index is 0.647. The molecule has 1 aliphatic heterocycles. The predicted octanol–water partition coefficient (Wildman–Crippen LogP) is 4.08. The fraction of sp³-hybridized carbons (Fsp3) is 0.647. The lowest BCUT2D eigenvalue weighted by molar-refractivity contribution is 0.212. The largest absolute Gasteiger partial charge is 0.306 e. The molecule has 1 aromatic carbocycles. The zero-order chi connectivity index (χ0) is 13.0. The SMILES string of the molecule is CC(C)c1cccc(CCC2CCN(C)CC2)c1. The number of rotatable bonds is 4. The Kier molecular flexibility index (Phi) is 4.82. The van der Waals surface area contributed by atoms with E-state index in [9.17, 15) is 0 Å². The Labute approximate surface area is 112 Å². The molecule has 1 saturated heterocycles. The van der Waals surface area contributed by atoms with E-state index in [1.165, 1.54) is 49.9 Å². The van der Waals surface area contributed by atoms with E-state index in [2.05, 4.69) is 50.1 Å². The van der Waals surface area contributed by atoms with E-state index < -0.39 is 0 Å². The first-order valence-electron chi connectivity index (χ1n) is 7.42. The predicted molar refractivity (Wildman–Crippen MR) is 79.1 cm³/mol. The van der Waals surface area contributed by atoms with Crippen LogP contribution in [0.25, 0.3) is 0 Å². The summed E-state index contributed by atoms with van der Waals surface area (Å²) in [5.74, 6) is 1.59. The molecule has 0 radical (unpaired) electrons. The van der Waals surface area contributed by atoms with Crippen LogP contribution in [0.15, 0.2) is 24.3 Å². The van der Waals surface area contributed by atoms with Crippen LogP contribution in [0.3, 0.4) is 0 Å². The van der Waals surface area contributed by atoms with Gasteiger partial charge in [0.05, 0.1) is 0 Å². The minimum absolute atomic E-state index is 0.647. The van der Waals surface area contributed by atoms with Gasteiger partial charge in [0.1, 0.15) is 0 Å². The minimum Gasteiger partial charge on any atom is -0.306 e. The summed E-state index contributed by atoms with van der Waals surface area (Å²) in [5, 5.41) is 0. The second-order valence-electron chi connectivity index (χ2n) is 6.19. The summed E-state index contributed by atoms with van der Waals surface area (Å²) in [7, 11) is 2.24. The van der Waals surface area contributed by atoms with Crippen LogP contribution in [-0.4, -0.2) is 25.0 Å². The Hall–Kier alpha value is -0.820. The van der Waals surface area contributed by atoms with Crippen molar-refractivity contribution in [2.24, 2.45) is 5.92 Å². The first-order chi connectivity index (χ1) is 8.65. The second kappa shape index (κ2) is 6.38. The van der Waals surface area contributed by atoms with Crippen molar-refractivity contribution in [1.82, 2.24) is 4.90 Å². The number of nitrogens with zero attached hydrogens (tertiary/aromatic N) is 1. The number of likely N-dealkylation sites (tertiary alicyclic amines) is 1. The molecule has 1 heterocycles. The molecule has 1 aliphatic rings. The Morgan fingerprint density at radius 2 is 1.94 bits per heavy atom. The van der Waals surface area contributed by atoms with E-state index in [1.807, 2.05) is 0 Å². The van der Waals surface area contributed by atoms with Crippen LogP contribution < -0.4 is 0 Å². The van der Waals surface area contributed by atoms with Crippen LogP contribution in [0.2, 0.25) is 0 Å². The third-order valence-electron chi connectivity index (χ3n) is 4.30. The smallest absolute Gasteiger partial charge is 0.00191 e. The lowest BCUT2D eigenvalue weighted by Gasteiger charge is -2.28. The molecule has 0 unspecified atom stereocenters. The normalized spacial score (nSPS) is 18.4. The summed E-state index contributed by atoms with van der Waals surface area (Å²) in [6, 6.07) is 9.17. The van der Waals surface area contributed by atoms with E-state index in [0.717, 1.165) is 5.92 Å². The van der Waals surface area contributed by atoms with Crippen LogP contribution in [-0.2, 0) is 6.42 Å². The summed E-state index contributed by atoms with van der Waals surface area (Å²) in [5.41, 5.74) is 3.01. The van der Waals surface area contributed by atoms with Gasteiger partial charge < -0.3 is 4.90 Å². The fourth-order valence-corrected chi connectivity index (χ4v) is 2.83. The zero-order valence-corrected chi connectivity index (χ0v) is 12.2. The highest BCUT2D eigenvalue weighted by Crippen LogP contribution is 2.23. The van der Waals surface area contributed by atoms with Gasteiger partial charge in [-0.2, -0.15) is 0 Å². The topological polar surface area (TPSA) is 3.24 Å². The molecule has 0 aromatic heterocycles. The Bertz CT molecular complexity index is 362. The molecular weight excluding hydrogens is 218 g/mol. The van der Waals surface area contributed by atoms with E-state index in [4.69, 9.17) is 0 Å². The molecule has 18 heavy (non-hydrogen) atoms. The molecule has 100 valence electrons. The van der Waals surface area contributed by atoms with Gasteiger partial charge in [0.25, 0.3) is 0 Å². The van der Waals surface area contributed by atoms with Crippen LogP contribution in [0.1, 0.15) is 50.2 Å². The molecule has 0 N–H and O–H groups in total. The summed E-state index contributed by atoms with van der Waals surface area (Å²) in [6.07, 6.45) is 5.41. The first kappa shape index (κ1) is 13.6. The van der Waals surface area contributed by atoms with Gasteiger partial charge in [-0.25, -0.2) is 0 Å². The number of benzene rings is 1. The summed E-state index contributed by atoms with van der Waals surface area (Å²) in [4.78, 5) is 2.45. The first-order valence-corrected chi connectivity index (χ1v) is 7.42. The van der Waals surface area contributed by atoms with Crippen molar-refractivity contribution in [3.8, 4) is 0 Å². The molecule has 1 heteroatoms. The molecule has 1 aromatic rings. The van der Waals surface area contributed by atoms with E-state index >= 15 is 0 Å². The Morgan fingerprint density at radius 3 is 2.61 bits per heavy atom. The maximum Gasteiger partial charge on any atom is -0.00191 e. The monoisotopic (exact) mass is 245 g/mol. The highest BCUT2D eigenvalue weighted by molar-refractivity contribution is 5.25. The molecule has 2 rings (SSSR count). The van der Waals surface area contributed by atoms with Gasteiger partial charge in [-0.05, 0) is 68.8 Å². The third-order valence-corrected chi connectivity index (χ3v) is 4.30. The molecule has 1 nitrogen and oxygen atoms in total. The standard InChI is InChI=1S/C17H27N/c1-14(2)17-6-4-5-16(13-17)8-7-15-9-11-18(3)12-10-15/h4-6,13-15H,7-12H2,1-3H3. The highest BCUT2D eigenvalue weighted by Gasteiger charge is 2.16. The zero-order valence-electron chi connectivity index (χ0n) is 12.2. The average molecular weight is 245 g/mol. The van der Waals surface area contributed by atoms with Gasteiger partial charge in [0.2, 0.25) is 0 Å². The lowest BCUT2D eigenvalue weighted by Crippen LogP contribution is -2.30. The molecule has 0 saturated carbocycles. The van der Waals surface area contributed by atoms with Gasteiger partial charge in [-0.15, -0.1) is 0 Å². The van der Waals surface area contributed by atoms with Crippen LogP contribution >= 0.6 is 0 Å². The molecule has 0 aliphatic carbocycles.